The molecule has 2 heterocycles. The van der Waals surface area contributed by atoms with Crippen molar-refractivity contribution in [2.45, 2.75) is 30.4 Å². The van der Waals surface area contributed by atoms with Crippen LogP contribution in [0.3, 0.4) is 0 Å². The van der Waals surface area contributed by atoms with Gasteiger partial charge in [-0.3, -0.25) is 14.9 Å². The van der Waals surface area contributed by atoms with E-state index >= 15 is 0 Å². The predicted octanol–water partition coefficient (Wildman–Crippen LogP) is 2.65. The Bertz CT molecular complexity index is 587. The molecule has 1 aromatic rings. The molecule has 2 aliphatic rings. The minimum atomic E-state index is -0.398. The van der Waals surface area contributed by atoms with Crippen LogP contribution in [0.4, 0.5) is 5.69 Å². The lowest BCUT2D eigenvalue weighted by molar-refractivity contribution is -0.384. The molecule has 0 bridgehead atoms. The summed E-state index contributed by atoms with van der Waals surface area (Å²) in [4.78, 5) is 27.2. The summed E-state index contributed by atoms with van der Waals surface area (Å²) in [5.41, 5.74) is 1.04. The van der Waals surface area contributed by atoms with Crippen molar-refractivity contribution in [1.29, 1.82) is 0 Å². The highest BCUT2D eigenvalue weighted by Gasteiger charge is 2.38. The third-order valence-electron chi connectivity index (χ3n) is 4.49. The average Bonchev–Trinajstić information content (AvgIpc) is 3.15. The van der Waals surface area contributed by atoms with Crippen molar-refractivity contribution in [2.75, 3.05) is 26.2 Å². The van der Waals surface area contributed by atoms with Crippen molar-refractivity contribution in [3.05, 3.63) is 39.9 Å². The maximum Gasteiger partial charge on any atom is 0.269 e. The van der Waals surface area contributed by atoms with Crippen molar-refractivity contribution in [1.82, 2.24) is 9.80 Å². The number of nitrogens with zero attached hydrogens (tertiary/aromatic N) is 3. The highest BCUT2D eigenvalue weighted by atomic mass is 32.2. The molecule has 2 aliphatic heterocycles. The Hall–Kier alpha value is -1.60. The third-order valence-corrected chi connectivity index (χ3v) is 5.89. The van der Waals surface area contributed by atoms with Gasteiger partial charge in [0, 0.05) is 25.2 Å². The zero-order valence-electron chi connectivity index (χ0n) is 13.2. The SMILES string of the molecule is CC1SC(c2ccc([N+](=O)[O-])cc2)N(CCN2CCCC2)C1=O. The first kappa shape index (κ1) is 16.3. The molecule has 6 nitrogen and oxygen atoms in total. The van der Waals surface area contributed by atoms with Crippen LogP contribution in [0, 0.1) is 10.1 Å². The van der Waals surface area contributed by atoms with Gasteiger partial charge in [0.2, 0.25) is 5.91 Å². The zero-order chi connectivity index (χ0) is 16.4. The van der Waals surface area contributed by atoms with Crippen LogP contribution in [0.2, 0.25) is 0 Å². The minimum absolute atomic E-state index is 0.0408. The number of thioether (sulfide) groups is 1. The summed E-state index contributed by atoms with van der Waals surface area (Å²) in [6, 6.07) is 6.57. The summed E-state index contributed by atoms with van der Waals surface area (Å²) in [7, 11) is 0. The van der Waals surface area contributed by atoms with Crippen LogP contribution in [0.1, 0.15) is 30.7 Å². The number of nitro groups is 1. The lowest BCUT2D eigenvalue weighted by Crippen LogP contribution is -2.37. The normalized spacial score (nSPS) is 25.3. The second-order valence-electron chi connectivity index (χ2n) is 6.06. The third kappa shape index (κ3) is 3.50. The van der Waals surface area contributed by atoms with Gasteiger partial charge in [0.05, 0.1) is 10.2 Å². The molecule has 0 radical (unpaired) electrons. The second-order valence-corrected chi connectivity index (χ2v) is 7.49. The van der Waals surface area contributed by atoms with E-state index in [9.17, 15) is 14.9 Å². The number of non-ortho nitro benzene ring substituents is 1. The van der Waals surface area contributed by atoms with E-state index in [4.69, 9.17) is 0 Å². The summed E-state index contributed by atoms with van der Waals surface area (Å²) in [5, 5.41) is 10.7. The molecule has 7 heteroatoms. The molecule has 0 saturated carbocycles. The molecule has 1 aromatic carbocycles. The van der Waals surface area contributed by atoms with Crippen molar-refractivity contribution in [3.8, 4) is 0 Å². The van der Waals surface area contributed by atoms with Gasteiger partial charge in [0.15, 0.2) is 0 Å². The van der Waals surface area contributed by atoms with Crippen molar-refractivity contribution in [2.24, 2.45) is 0 Å². The monoisotopic (exact) mass is 335 g/mol. The van der Waals surface area contributed by atoms with Crippen molar-refractivity contribution in [3.63, 3.8) is 0 Å². The van der Waals surface area contributed by atoms with E-state index in [1.165, 1.54) is 25.0 Å². The number of carbonyl (C=O) groups is 1. The van der Waals surface area contributed by atoms with E-state index in [1.807, 2.05) is 11.8 Å². The number of amides is 1. The first-order chi connectivity index (χ1) is 11.1. The van der Waals surface area contributed by atoms with E-state index in [1.54, 1.807) is 23.9 Å². The van der Waals surface area contributed by atoms with Crippen LogP contribution in [0.5, 0.6) is 0 Å². The molecule has 2 saturated heterocycles. The Labute approximate surface area is 140 Å². The molecule has 0 spiro atoms. The number of hydrogen-bond acceptors (Lipinski definition) is 5. The number of carbonyl (C=O) groups excluding carboxylic acids is 1. The lowest BCUT2D eigenvalue weighted by Gasteiger charge is -2.26. The summed E-state index contributed by atoms with van der Waals surface area (Å²) >= 11 is 1.62. The number of nitro benzene ring substituents is 1. The molecule has 3 rings (SSSR count). The molecule has 2 unspecified atom stereocenters. The van der Waals surface area contributed by atoms with E-state index in [2.05, 4.69) is 4.90 Å². The van der Waals surface area contributed by atoms with Gasteiger partial charge in [0.25, 0.3) is 5.69 Å². The van der Waals surface area contributed by atoms with Gasteiger partial charge in [-0.05, 0) is 50.6 Å². The fraction of sp³-hybridized carbons (Fsp3) is 0.562. The lowest BCUT2D eigenvalue weighted by atomic mass is 10.2. The van der Waals surface area contributed by atoms with E-state index in [-0.39, 0.29) is 22.2 Å². The zero-order valence-corrected chi connectivity index (χ0v) is 14.0. The van der Waals surface area contributed by atoms with Crippen LogP contribution in [-0.4, -0.2) is 52.1 Å². The van der Waals surface area contributed by atoms with Gasteiger partial charge >= 0.3 is 0 Å². The first-order valence-electron chi connectivity index (χ1n) is 7.99. The highest BCUT2D eigenvalue weighted by Crippen LogP contribution is 2.43. The number of likely N-dealkylation sites (tertiary alicyclic amines) is 1. The Kier molecular flexibility index (Phi) is 4.87. The topological polar surface area (TPSA) is 66.7 Å². The van der Waals surface area contributed by atoms with Gasteiger partial charge in [-0.15, -0.1) is 11.8 Å². The molecule has 0 aromatic heterocycles. The molecule has 2 fully saturated rings. The van der Waals surface area contributed by atoms with Crippen LogP contribution >= 0.6 is 11.8 Å². The molecule has 2 atom stereocenters. The van der Waals surface area contributed by atoms with Crippen LogP contribution in [0.15, 0.2) is 24.3 Å². The quantitative estimate of drug-likeness (QED) is 0.611. The van der Waals surface area contributed by atoms with Gasteiger partial charge in [-0.1, -0.05) is 0 Å². The van der Waals surface area contributed by atoms with Crippen molar-refractivity contribution >= 4 is 23.4 Å². The van der Waals surface area contributed by atoms with Crippen LogP contribution < -0.4 is 0 Å². The molecule has 0 N–H and O–H groups in total. The number of benzene rings is 1. The number of rotatable bonds is 5. The molecule has 23 heavy (non-hydrogen) atoms. The smallest absolute Gasteiger partial charge is 0.269 e. The van der Waals surface area contributed by atoms with Crippen LogP contribution in [0.25, 0.3) is 0 Å². The summed E-state index contributed by atoms with van der Waals surface area (Å²) in [6.07, 6.45) is 2.48. The van der Waals surface area contributed by atoms with Gasteiger partial charge < -0.3 is 9.80 Å². The Morgan fingerprint density at radius 1 is 1.22 bits per heavy atom. The summed E-state index contributed by atoms with van der Waals surface area (Å²) in [5.74, 6) is 0.164. The highest BCUT2D eigenvalue weighted by molar-refractivity contribution is 8.01. The second kappa shape index (κ2) is 6.88. The molecular weight excluding hydrogens is 314 g/mol. The number of hydrogen-bond donors (Lipinski definition) is 0. The van der Waals surface area contributed by atoms with E-state index in [0.717, 1.165) is 31.7 Å². The predicted molar refractivity (Wildman–Crippen MR) is 90.3 cm³/mol. The van der Waals surface area contributed by atoms with Gasteiger partial charge in [0.1, 0.15) is 5.37 Å². The molecule has 0 aliphatic carbocycles. The Morgan fingerprint density at radius 2 is 1.87 bits per heavy atom. The molecular formula is C16H21N3O3S. The standard InChI is InChI=1S/C16H21N3O3S/c1-12-15(20)18(11-10-17-8-2-3-9-17)16(23-12)13-4-6-14(7-5-13)19(21)22/h4-7,12,16H,2-3,8-11H2,1H3. The van der Waals surface area contributed by atoms with Gasteiger partial charge in [-0.2, -0.15) is 0 Å². The maximum absolute atomic E-state index is 12.4. The maximum atomic E-state index is 12.4. The Morgan fingerprint density at radius 3 is 2.48 bits per heavy atom. The summed E-state index contributed by atoms with van der Waals surface area (Å²) in [6.45, 7) is 5.79. The van der Waals surface area contributed by atoms with Crippen molar-refractivity contribution < 1.29 is 9.72 Å². The largest absolute Gasteiger partial charge is 0.324 e. The molecule has 1 amide bonds. The fourth-order valence-electron chi connectivity index (χ4n) is 3.18. The fourth-order valence-corrected chi connectivity index (χ4v) is 4.49. The van der Waals surface area contributed by atoms with E-state index < -0.39 is 4.92 Å². The van der Waals surface area contributed by atoms with Crippen LogP contribution in [-0.2, 0) is 4.79 Å². The average molecular weight is 335 g/mol. The Balaban J connectivity index is 1.72. The van der Waals surface area contributed by atoms with E-state index in [0.29, 0.717) is 0 Å². The first-order valence-corrected chi connectivity index (χ1v) is 8.93. The molecule has 124 valence electrons. The van der Waals surface area contributed by atoms with Gasteiger partial charge in [-0.25, -0.2) is 0 Å². The minimum Gasteiger partial charge on any atom is -0.324 e. The summed E-state index contributed by atoms with van der Waals surface area (Å²) < 4.78 is 0.